The molecule has 0 unspecified atom stereocenters. The van der Waals surface area contributed by atoms with E-state index in [1.54, 1.807) is 0 Å². The standard InChI is InChI=1S/C9H15N3O6.C3H4O2/c13-4-1-10-7(16)11(2-5-14)9(18)12(3-6-15)8(10)17;1-2-3(4)5/h13-15H,1-6H2;2H,1H2,(H,4,5). The fourth-order valence-corrected chi connectivity index (χ4v) is 1.56. The lowest BCUT2D eigenvalue weighted by Crippen LogP contribution is -2.55. The highest BCUT2D eigenvalue weighted by molar-refractivity contribution is 5.78. The Labute approximate surface area is 129 Å². The molecule has 1 rings (SSSR count). The molecular weight excluding hydrogens is 314 g/mol. The molecule has 0 aliphatic carbocycles. The second kappa shape index (κ2) is 10.3. The van der Waals surface area contributed by atoms with Gasteiger partial charge in [-0.3, -0.25) is 0 Å². The number of aliphatic hydroxyl groups is 3. The van der Waals surface area contributed by atoms with E-state index in [1.807, 2.05) is 0 Å². The highest BCUT2D eigenvalue weighted by atomic mass is 16.4. The molecule has 0 fully saturated rings. The third kappa shape index (κ3) is 5.65. The van der Waals surface area contributed by atoms with Crippen LogP contribution in [0.2, 0.25) is 0 Å². The molecule has 0 spiro atoms. The summed E-state index contributed by atoms with van der Waals surface area (Å²) in [5.41, 5.74) is -2.66. The first-order valence-corrected chi connectivity index (χ1v) is 6.48. The number of aromatic nitrogens is 3. The molecule has 0 amide bonds. The SMILES string of the molecule is C=CC(=O)O.O=c1n(CCO)c(=O)n(CCO)c(=O)n1CCO. The predicted molar refractivity (Wildman–Crippen MR) is 78.3 cm³/mol. The summed E-state index contributed by atoms with van der Waals surface area (Å²) in [4.78, 5) is 44.6. The first-order valence-electron chi connectivity index (χ1n) is 6.48. The fourth-order valence-electron chi connectivity index (χ4n) is 1.56. The third-order valence-electron chi connectivity index (χ3n) is 2.53. The first-order chi connectivity index (χ1) is 10.8. The van der Waals surface area contributed by atoms with Crippen LogP contribution in [0.1, 0.15) is 0 Å². The van der Waals surface area contributed by atoms with E-state index in [-0.39, 0.29) is 19.6 Å². The van der Waals surface area contributed by atoms with Crippen LogP contribution in [-0.4, -0.2) is 59.9 Å². The Morgan fingerprint density at radius 1 is 0.826 bits per heavy atom. The van der Waals surface area contributed by atoms with Crippen molar-refractivity contribution >= 4 is 5.97 Å². The molecule has 1 aromatic heterocycles. The lowest BCUT2D eigenvalue weighted by molar-refractivity contribution is -0.131. The number of carboxylic acid groups (broad SMARTS) is 1. The van der Waals surface area contributed by atoms with E-state index in [1.165, 1.54) is 0 Å². The van der Waals surface area contributed by atoms with E-state index >= 15 is 0 Å². The molecular formula is C12H19N3O8. The Bertz CT molecular complexity index is 588. The van der Waals surface area contributed by atoms with Crippen molar-refractivity contribution in [2.24, 2.45) is 0 Å². The minimum absolute atomic E-state index is 0.255. The van der Waals surface area contributed by atoms with E-state index in [4.69, 9.17) is 20.4 Å². The molecule has 4 N–H and O–H groups in total. The van der Waals surface area contributed by atoms with Gasteiger partial charge in [-0.25, -0.2) is 32.9 Å². The van der Waals surface area contributed by atoms with Crippen LogP contribution in [0.5, 0.6) is 0 Å². The summed E-state index contributed by atoms with van der Waals surface area (Å²) in [6.45, 7) is 0.879. The molecule has 1 aromatic rings. The Balaban J connectivity index is 0.000000841. The minimum atomic E-state index is -0.981. The van der Waals surface area contributed by atoms with Crippen LogP contribution in [0, 0.1) is 0 Å². The molecule has 130 valence electrons. The summed E-state index contributed by atoms with van der Waals surface area (Å²) in [6.07, 6.45) is 0.833. The highest BCUT2D eigenvalue weighted by Gasteiger charge is 2.14. The summed E-state index contributed by atoms with van der Waals surface area (Å²) in [6, 6.07) is 0. The minimum Gasteiger partial charge on any atom is -0.478 e. The molecule has 0 atom stereocenters. The molecule has 1 heterocycles. The number of aliphatic carboxylic acids is 1. The van der Waals surface area contributed by atoms with E-state index in [2.05, 4.69) is 6.58 Å². The van der Waals surface area contributed by atoms with Crippen LogP contribution >= 0.6 is 0 Å². The van der Waals surface area contributed by atoms with Crippen LogP contribution in [0.4, 0.5) is 0 Å². The Morgan fingerprint density at radius 2 is 1.04 bits per heavy atom. The maximum Gasteiger partial charge on any atom is 0.336 e. The van der Waals surface area contributed by atoms with Crippen LogP contribution in [0.3, 0.4) is 0 Å². The molecule has 0 bridgehead atoms. The number of nitrogens with zero attached hydrogens (tertiary/aromatic N) is 3. The lowest BCUT2D eigenvalue weighted by atomic mass is 10.6. The number of aliphatic hydroxyl groups excluding tert-OH is 3. The van der Waals surface area contributed by atoms with Gasteiger partial charge in [0.05, 0.1) is 39.5 Å². The number of carboxylic acids is 1. The van der Waals surface area contributed by atoms with Gasteiger partial charge in [-0.05, 0) is 0 Å². The molecule has 0 aromatic carbocycles. The lowest BCUT2D eigenvalue weighted by Gasteiger charge is -2.11. The molecule has 0 aliphatic heterocycles. The van der Waals surface area contributed by atoms with Crippen molar-refractivity contribution in [1.29, 1.82) is 0 Å². The normalized spacial score (nSPS) is 9.87. The Kier molecular flexibility index (Phi) is 9.15. The van der Waals surface area contributed by atoms with Crippen molar-refractivity contribution in [3.05, 3.63) is 44.1 Å². The van der Waals surface area contributed by atoms with E-state index < -0.39 is 42.9 Å². The van der Waals surface area contributed by atoms with Gasteiger partial charge in [0.1, 0.15) is 0 Å². The van der Waals surface area contributed by atoms with Crippen molar-refractivity contribution < 1.29 is 25.2 Å². The van der Waals surface area contributed by atoms with Gasteiger partial charge in [-0.2, -0.15) is 0 Å². The zero-order chi connectivity index (χ0) is 18.0. The largest absolute Gasteiger partial charge is 0.478 e. The molecule has 23 heavy (non-hydrogen) atoms. The first kappa shape index (κ1) is 20.5. The summed E-state index contributed by atoms with van der Waals surface area (Å²) in [7, 11) is 0. The van der Waals surface area contributed by atoms with Crippen molar-refractivity contribution in [3.8, 4) is 0 Å². The summed E-state index contributed by atoms with van der Waals surface area (Å²) in [5, 5.41) is 34.0. The van der Waals surface area contributed by atoms with E-state index in [0.717, 1.165) is 6.08 Å². The molecule has 0 radical (unpaired) electrons. The van der Waals surface area contributed by atoms with Gasteiger partial charge in [0.25, 0.3) is 0 Å². The molecule has 11 heteroatoms. The number of hydrogen-bond donors (Lipinski definition) is 4. The number of hydrogen-bond acceptors (Lipinski definition) is 7. The summed E-state index contributed by atoms with van der Waals surface area (Å²) in [5.74, 6) is -0.981. The van der Waals surface area contributed by atoms with Crippen molar-refractivity contribution in [3.63, 3.8) is 0 Å². The highest BCUT2D eigenvalue weighted by Crippen LogP contribution is 1.76. The van der Waals surface area contributed by atoms with Gasteiger partial charge < -0.3 is 20.4 Å². The van der Waals surface area contributed by atoms with E-state index in [9.17, 15) is 19.2 Å². The van der Waals surface area contributed by atoms with E-state index in [0.29, 0.717) is 13.7 Å². The monoisotopic (exact) mass is 333 g/mol. The average Bonchev–Trinajstić information content (AvgIpc) is 2.53. The fraction of sp³-hybridized carbons (Fsp3) is 0.500. The number of rotatable bonds is 7. The third-order valence-corrected chi connectivity index (χ3v) is 2.53. The van der Waals surface area contributed by atoms with Crippen LogP contribution in [-0.2, 0) is 24.4 Å². The van der Waals surface area contributed by atoms with Crippen LogP contribution in [0.25, 0.3) is 0 Å². The van der Waals surface area contributed by atoms with Gasteiger partial charge in [0.15, 0.2) is 0 Å². The van der Waals surface area contributed by atoms with Crippen LogP contribution < -0.4 is 17.1 Å². The maximum atomic E-state index is 11.8. The quantitative estimate of drug-likeness (QED) is 0.372. The maximum absolute atomic E-state index is 11.8. The average molecular weight is 333 g/mol. The number of carbonyl (C=O) groups is 1. The Hall–Kier alpha value is -2.50. The van der Waals surface area contributed by atoms with Crippen LogP contribution in [0.15, 0.2) is 27.0 Å². The predicted octanol–water partition coefficient (Wildman–Crippen LogP) is -3.59. The van der Waals surface area contributed by atoms with Gasteiger partial charge in [-0.15, -0.1) is 0 Å². The van der Waals surface area contributed by atoms with Crippen molar-refractivity contribution in [1.82, 2.24) is 13.7 Å². The second-order valence-electron chi connectivity index (χ2n) is 4.02. The van der Waals surface area contributed by atoms with Gasteiger partial charge in [0.2, 0.25) is 0 Å². The molecule has 0 aliphatic rings. The van der Waals surface area contributed by atoms with Gasteiger partial charge >= 0.3 is 23.0 Å². The smallest absolute Gasteiger partial charge is 0.336 e. The molecule has 0 saturated heterocycles. The Morgan fingerprint density at radius 3 is 1.17 bits per heavy atom. The van der Waals surface area contributed by atoms with Gasteiger partial charge in [-0.1, -0.05) is 6.58 Å². The van der Waals surface area contributed by atoms with Crippen molar-refractivity contribution in [2.45, 2.75) is 19.6 Å². The van der Waals surface area contributed by atoms with Crippen molar-refractivity contribution in [2.75, 3.05) is 19.8 Å². The molecule has 11 nitrogen and oxygen atoms in total. The van der Waals surface area contributed by atoms with Gasteiger partial charge in [0, 0.05) is 6.08 Å². The zero-order valence-electron chi connectivity index (χ0n) is 12.3. The topological polar surface area (TPSA) is 164 Å². The zero-order valence-corrected chi connectivity index (χ0v) is 12.3. The second-order valence-corrected chi connectivity index (χ2v) is 4.02. The summed E-state index contributed by atoms with van der Waals surface area (Å²) < 4.78 is 2.06. The summed E-state index contributed by atoms with van der Waals surface area (Å²) >= 11 is 0. The molecule has 0 saturated carbocycles.